The second kappa shape index (κ2) is 6.40. The Kier molecular flexibility index (Phi) is 5.16. The lowest BCUT2D eigenvalue weighted by Gasteiger charge is -2.13. The van der Waals surface area contributed by atoms with Crippen LogP contribution in [-0.2, 0) is 4.79 Å². The Bertz CT molecular complexity index is 359. The van der Waals surface area contributed by atoms with Crippen molar-refractivity contribution in [3.05, 3.63) is 35.4 Å². The van der Waals surface area contributed by atoms with Crippen molar-refractivity contribution >= 4 is 5.91 Å². The maximum atomic E-state index is 10.7. The van der Waals surface area contributed by atoms with Crippen molar-refractivity contribution in [3.8, 4) is 0 Å². The van der Waals surface area contributed by atoms with Gasteiger partial charge in [-0.15, -0.1) is 0 Å². The van der Waals surface area contributed by atoms with Crippen LogP contribution in [0.3, 0.4) is 0 Å². The number of nitrogens with one attached hydrogen (secondary N) is 1. The minimum atomic E-state index is -0.634. The molecule has 0 radical (unpaired) electrons. The van der Waals surface area contributed by atoms with Gasteiger partial charge >= 0.3 is 0 Å². The standard InChI is InChI=1S/C14H21NO2/c1-4-10(2)12-5-7-13(8-6-12)14(17)9-15-11(3)16/h5-8,10,14,17H,4,9H2,1-3H3,(H,15,16). The fraction of sp³-hybridized carbons (Fsp3) is 0.500. The first-order valence-corrected chi connectivity index (χ1v) is 6.07. The molecule has 2 N–H and O–H groups in total. The average molecular weight is 235 g/mol. The molecule has 0 aromatic heterocycles. The summed E-state index contributed by atoms with van der Waals surface area (Å²) in [6, 6.07) is 7.93. The first-order valence-electron chi connectivity index (χ1n) is 6.07. The Balaban J connectivity index is 2.63. The van der Waals surface area contributed by atoms with E-state index in [2.05, 4.69) is 19.2 Å². The van der Waals surface area contributed by atoms with Crippen LogP contribution in [0, 0.1) is 0 Å². The molecule has 0 fully saturated rings. The molecule has 1 amide bonds. The third kappa shape index (κ3) is 4.19. The minimum absolute atomic E-state index is 0.125. The number of benzene rings is 1. The molecule has 0 bridgehead atoms. The molecular formula is C14H21NO2. The van der Waals surface area contributed by atoms with Crippen LogP contribution in [0.4, 0.5) is 0 Å². The number of amides is 1. The summed E-state index contributed by atoms with van der Waals surface area (Å²) in [5.74, 6) is 0.414. The Hall–Kier alpha value is -1.35. The van der Waals surface area contributed by atoms with Gasteiger partial charge in [-0.3, -0.25) is 4.79 Å². The molecule has 0 saturated heterocycles. The second-order valence-electron chi connectivity index (χ2n) is 4.43. The van der Waals surface area contributed by atoms with Crippen LogP contribution in [0.25, 0.3) is 0 Å². The zero-order valence-electron chi connectivity index (χ0n) is 10.7. The van der Waals surface area contributed by atoms with E-state index >= 15 is 0 Å². The largest absolute Gasteiger partial charge is 0.387 e. The summed E-state index contributed by atoms with van der Waals surface area (Å²) in [5, 5.41) is 12.4. The van der Waals surface area contributed by atoms with E-state index in [1.54, 1.807) is 0 Å². The molecule has 0 aliphatic carbocycles. The summed E-state index contributed by atoms with van der Waals surface area (Å²) in [6.45, 7) is 6.05. The van der Waals surface area contributed by atoms with Crippen molar-refractivity contribution in [1.82, 2.24) is 5.32 Å². The quantitative estimate of drug-likeness (QED) is 0.823. The Labute approximate surface area is 103 Å². The third-order valence-electron chi connectivity index (χ3n) is 3.05. The lowest BCUT2D eigenvalue weighted by atomic mass is 9.96. The van der Waals surface area contributed by atoms with Gasteiger partial charge in [0.05, 0.1) is 6.10 Å². The van der Waals surface area contributed by atoms with Crippen LogP contribution < -0.4 is 5.32 Å². The van der Waals surface area contributed by atoms with Crippen LogP contribution >= 0.6 is 0 Å². The number of carbonyl (C=O) groups is 1. The summed E-state index contributed by atoms with van der Waals surface area (Å²) < 4.78 is 0. The van der Waals surface area contributed by atoms with Gasteiger partial charge in [0.25, 0.3) is 0 Å². The monoisotopic (exact) mass is 235 g/mol. The van der Waals surface area contributed by atoms with E-state index in [0.717, 1.165) is 12.0 Å². The Morgan fingerprint density at radius 3 is 2.29 bits per heavy atom. The fourth-order valence-electron chi connectivity index (χ4n) is 1.64. The van der Waals surface area contributed by atoms with Crippen molar-refractivity contribution in [3.63, 3.8) is 0 Å². The summed E-state index contributed by atoms with van der Waals surface area (Å²) in [7, 11) is 0. The van der Waals surface area contributed by atoms with Crippen LogP contribution in [0.5, 0.6) is 0 Å². The van der Waals surface area contributed by atoms with Crippen molar-refractivity contribution in [2.24, 2.45) is 0 Å². The molecule has 1 aromatic rings. The molecule has 0 spiro atoms. The smallest absolute Gasteiger partial charge is 0.216 e. The SMILES string of the molecule is CCC(C)c1ccc(C(O)CNC(C)=O)cc1. The molecule has 17 heavy (non-hydrogen) atoms. The van der Waals surface area contributed by atoms with Crippen LogP contribution in [0.15, 0.2) is 24.3 Å². The lowest BCUT2D eigenvalue weighted by molar-refractivity contribution is -0.119. The van der Waals surface area contributed by atoms with E-state index in [1.807, 2.05) is 24.3 Å². The number of hydrogen-bond acceptors (Lipinski definition) is 2. The molecular weight excluding hydrogens is 214 g/mol. The highest BCUT2D eigenvalue weighted by Gasteiger charge is 2.09. The van der Waals surface area contributed by atoms with Gasteiger partial charge in [-0.1, -0.05) is 38.1 Å². The van der Waals surface area contributed by atoms with E-state index in [9.17, 15) is 9.90 Å². The zero-order valence-corrected chi connectivity index (χ0v) is 10.7. The molecule has 2 atom stereocenters. The summed E-state index contributed by atoms with van der Waals surface area (Å²) in [6.07, 6.45) is 0.471. The first-order chi connectivity index (χ1) is 8.04. The Morgan fingerprint density at radius 1 is 1.29 bits per heavy atom. The third-order valence-corrected chi connectivity index (χ3v) is 3.05. The average Bonchev–Trinajstić information content (AvgIpc) is 2.35. The molecule has 3 heteroatoms. The molecule has 0 heterocycles. The molecule has 1 aromatic carbocycles. The molecule has 0 saturated carbocycles. The van der Waals surface area contributed by atoms with E-state index in [4.69, 9.17) is 0 Å². The van der Waals surface area contributed by atoms with Gasteiger partial charge in [-0.25, -0.2) is 0 Å². The second-order valence-corrected chi connectivity index (χ2v) is 4.43. The van der Waals surface area contributed by atoms with Crippen LogP contribution in [0.1, 0.15) is 50.3 Å². The first kappa shape index (κ1) is 13.7. The van der Waals surface area contributed by atoms with Gasteiger partial charge < -0.3 is 10.4 Å². The van der Waals surface area contributed by atoms with Crippen LogP contribution in [-0.4, -0.2) is 17.6 Å². The molecule has 0 aliphatic rings. The van der Waals surface area contributed by atoms with E-state index in [0.29, 0.717) is 5.92 Å². The molecule has 0 aliphatic heterocycles. The van der Waals surface area contributed by atoms with Crippen molar-refractivity contribution in [2.75, 3.05) is 6.54 Å². The van der Waals surface area contributed by atoms with Gasteiger partial charge in [-0.05, 0) is 23.5 Å². The fourth-order valence-corrected chi connectivity index (χ4v) is 1.64. The maximum Gasteiger partial charge on any atom is 0.216 e. The van der Waals surface area contributed by atoms with Crippen molar-refractivity contribution in [2.45, 2.75) is 39.2 Å². The summed E-state index contributed by atoms with van der Waals surface area (Å²) >= 11 is 0. The van der Waals surface area contributed by atoms with Crippen molar-refractivity contribution in [1.29, 1.82) is 0 Å². The normalized spacial score (nSPS) is 14.1. The number of rotatable bonds is 5. The predicted molar refractivity (Wildman–Crippen MR) is 68.8 cm³/mol. The summed E-state index contributed by atoms with van der Waals surface area (Å²) in [5.41, 5.74) is 2.12. The van der Waals surface area contributed by atoms with Gasteiger partial charge in [0.2, 0.25) is 5.91 Å². The number of hydrogen-bond donors (Lipinski definition) is 2. The molecule has 3 nitrogen and oxygen atoms in total. The van der Waals surface area contributed by atoms with Gasteiger partial charge in [0.1, 0.15) is 0 Å². The summed E-state index contributed by atoms with van der Waals surface area (Å²) in [4.78, 5) is 10.7. The maximum absolute atomic E-state index is 10.7. The van der Waals surface area contributed by atoms with Crippen LogP contribution in [0.2, 0.25) is 0 Å². The Morgan fingerprint density at radius 2 is 1.82 bits per heavy atom. The van der Waals surface area contributed by atoms with E-state index in [1.165, 1.54) is 12.5 Å². The molecule has 94 valence electrons. The van der Waals surface area contributed by atoms with E-state index in [-0.39, 0.29) is 12.5 Å². The van der Waals surface area contributed by atoms with Gasteiger partial charge in [0, 0.05) is 13.5 Å². The van der Waals surface area contributed by atoms with Crippen molar-refractivity contribution < 1.29 is 9.90 Å². The highest BCUT2D eigenvalue weighted by Crippen LogP contribution is 2.21. The van der Waals surface area contributed by atoms with Gasteiger partial charge in [-0.2, -0.15) is 0 Å². The topological polar surface area (TPSA) is 49.3 Å². The molecule has 2 unspecified atom stereocenters. The predicted octanol–water partition coefficient (Wildman–Crippen LogP) is 2.37. The molecule has 1 rings (SSSR count). The van der Waals surface area contributed by atoms with E-state index < -0.39 is 6.10 Å². The minimum Gasteiger partial charge on any atom is -0.387 e. The van der Waals surface area contributed by atoms with Gasteiger partial charge in [0.15, 0.2) is 0 Å². The number of aliphatic hydroxyl groups excluding tert-OH is 1. The highest BCUT2D eigenvalue weighted by atomic mass is 16.3. The number of carbonyl (C=O) groups excluding carboxylic acids is 1. The highest BCUT2D eigenvalue weighted by molar-refractivity contribution is 5.72. The number of aliphatic hydroxyl groups is 1. The lowest BCUT2D eigenvalue weighted by Crippen LogP contribution is -2.25. The zero-order chi connectivity index (χ0) is 12.8.